The second-order valence-electron chi connectivity index (χ2n) is 6.18. The Bertz CT molecular complexity index is 472. The number of carbonyl (C=O) groups excluding carboxylic acids is 1. The molecule has 0 bridgehead atoms. The van der Waals surface area contributed by atoms with E-state index in [9.17, 15) is 9.18 Å². The minimum absolute atomic E-state index is 0.0825. The molecule has 0 unspecified atom stereocenters. The van der Waals surface area contributed by atoms with Crippen molar-refractivity contribution in [3.8, 4) is 0 Å². The molecule has 5 heteroatoms. The Morgan fingerprint density at radius 1 is 1.30 bits per heavy atom. The van der Waals surface area contributed by atoms with Crippen molar-refractivity contribution >= 4 is 5.91 Å². The zero-order chi connectivity index (χ0) is 16.5. The van der Waals surface area contributed by atoms with Crippen LogP contribution in [0, 0.1) is 5.82 Å². The van der Waals surface area contributed by atoms with Crippen LogP contribution in [0.2, 0.25) is 0 Å². The Labute approximate surface area is 138 Å². The van der Waals surface area contributed by atoms with Crippen LogP contribution in [0.5, 0.6) is 0 Å². The molecule has 0 atom stereocenters. The van der Waals surface area contributed by atoms with Gasteiger partial charge in [0.05, 0.1) is 6.54 Å². The molecule has 1 aromatic carbocycles. The van der Waals surface area contributed by atoms with Crippen LogP contribution in [0.15, 0.2) is 24.3 Å². The second kappa shape index (κ2) is 9.63. The van der Waals surface area contributed by atoms with Gasteiger partial charge in [0, 0.05) is 12.6 Å². The van der Waals surface area contributed by atoms with E-state index in [4.69, 9.17) is 0 Å². The Balaban J connectivity index is 1.73. The average Bonchev–Trinajstić information content (AvgIpc) is 2.57. The van der Waals surface area contributed by atoms with Gasteiger partial charge in [-0.3, -0.25) is 9.69 Å². The van der Waals surface area contributed by atoms with Gasteiger partial charge < -0.3 is 10.6 Å². The lowest BCUT2D eigenvalue weighted by Gasteiger charge is -2.34. The Morgan fingerprint density at radius 2 is 2.00 bits per heavy atom. The Morgan fingerprint density at radius 3 is 2.65 bits per heavy atom. The number of nitrogens with one attached hydrogen (secondary N) is 2. The van der Waals surface area contributed by atoms with Crippen LogP contribution in [0.3, 0.4) is 0 Å². The van der Waals surface area contributed by atoms with Gasteiger partial charge in [-0.1, -0.05) is 19.1 Å². The summed E-state index contributed by atoms with van der Waals surface area (Å²) in [7, 11) is 0. The van der Waals surface area contributed by atoms with Crippen molar-refractivity contribution in [3.63, 3.8) is 0 Å². The van der Waals surface area contributed by atoms with E-state index in [-0.39, 0.29) is 11.7 Å². The van der Waals surface area contributed by atoms with E-state index in [2.05, 4.69) is 22.5 Å². The SMILES string of the molecule is CCCN(CC(=O)NCCc1ccc(F)cc1)C1CCNCC1. The molecule has 23 heavy (non-hydrogen) atoms. The molecular formula is C18H28FN3O. The quantitative estimate of drug-likeness (QED) is 0.769. The van der Waals surface area contributed by atoms with E-state index in [1.807, 2.05) is 0 Å². The van der Waals surface area contributed by atoms with Crippen molar-refractivity contribution in [1.29, 1.82) is 0 Å². The van der Waals surface area contributed by atoms with Crippen LogP contribution in [0.4, 0.5) is 4.39 Å². The summed E-state index contributed by atoms with van der Waals surface area (Å²) < 4.78 is 12.9. The number of benzene rings is 1. The van der Waals surface area contributed by atoms with Crippen LogP contribution in [0.1, 0.15) is 31.7 Å². The first-order valence-corrected chi connectivity index (χ1v) is 8.65. The molecule has 1 saturated heterocycles. The lowest BCUT2D eigenvalue weighted by Crippen LogP contribution is -2.47. The maximum absolute atomic E-state index is 12.9. The Kier molecular flexibility index (Phi) is 7.49. The molecular weight excluding hydrogens is 293 g/mol. The van der Waals surface area contributed by atoms with Crippen molar-refractivity contribution in [1.82, 2.24) is 15.5 Å². The van der Waals surface area contributed by atoms with Gasteiger partial charge in [-0.15, -0.1) is 0 Å². The number of piperidine rings is 1. The van der Waals surface area contributed by atoms with Gasteiger partial charge >= 0.3 is 0 Å². The second-order valence-corrected chi connectivity index (χ2v) is 6.18. The summed E-state index contributed by atoms with van der Waals surface area (Å²) in [5.41, 5.74) is 1.04. The van der Waals surface area contributed by atoms with Gasteiger partial charge in [0.25, 0.3) is 0 Å². The molecule has 1 aliphatic heterocycles. The molecule has 2 N–H and O–H groups in total. The topological polar surface area (TPSA) is 44.4 Å². The highest BCUT2D eigenvalue weighted by Crippen LogP contribution is 2.12. The Hall–Kier alpha value is -1.46. The summed E-state index contributed by atoms with van der Waals surface area (Å²) >= 11 is 0. The van der Waals surface area contributed by atoms with E-state index >= 15 is 0 Å². The summed E-state index contributed by atoms with van der Waals surface area (Å²) in [6, 6.07) is 6.95. The molecule has 0 spiro atoms. The van der Waals surface area contributed by atoms with Gasteiger partial charge in [-0.05, 0) is 63.0 Å². The number of hydrogen-bond donors (Lipinski definition) is 2. The number of rotatable bonds is 8. The van der Waals surface area contributed by atoms with Crippen LogP contribution < -0.4 is 10.6 Å². The van der Waals surface area contributed by atoms with Crippen LogP contribution >= 0.6 is 0 Å². The third-order valence-electron chi connectivity index (χ3n) is 4.33. The number of hydrogen-bond acceptors (Lipinski definition) is 3. The van der Waals surface area contributed by atoms with Gasteiger partial charge in [-0.2, -0.15) is 0 Å². The van der Waals surface area contributed by atoms with Crippen molar-refractivity contribution in [2.75, 3.05) is 32.7 Å². The molecule has 1 amide bonds. The summed E-state index contributed by atoms with van der Waals surface area (Å²) in [5.74, 6) is -0.144. The highest BCUT2D eigenvalue weighted by Gasteiger charge is 2.22. The first kappa shape index (κ1) is 17.9. The fraction of sp³-hybridized carbons (Fsp3) is 0.611. The third-order valence-corrected chi connectivity index (χ3v) is 4.33. The minimum atomic E-state index is -0.227. The number of halogens is 1. The first-order chi connectivity index (χ1) is 11.2. The maximum atomic E-state index is 12.9. The van der Waals surface area contributed by atoms with Crippen molar-refractivity contribution in [2.24, 2.45) is 0 Å². The zero-order valence-corrected chi connectivity index (χ0v) is 14.0. The zero-order valence-electron chi connectivity index (χ0n) is 14.0. The fourth-order valence-electron chi connectivity index (χ4n) is 3.09. The molecule has 0 aromatic heterocycles. The maximum Gasteiger partial charge on any atom is 0.234 e. The van der Waals surface area contributed by atoms with E-state index in [1.165, 1.54) is 12.1 Å². The summed E-state index contributed by atoms with van der Waals surface area (Å²) in [4.78, 5) is 14.5. The standard InChI is InChI=1S/C18H28FN3O/c1-2-13-22(17-8-10-20-11-9-17)14-18(23)21-12-7-15-3-5-16(19)6-4-15/h3-6,17,20H,2,7-14H2,1H3,(H,21,23). The summed E-state index contributed by atoms with van der Waals surface area (Å²) in [6.45, 7) is 6.27. The normalized spacial score (nSPS) is 15.8. The highest BCUT2D eigenvalue weighted by atomic mass is 19.1. The lowest BCUT2D eigenvalue weighted by atomic mass is 10.0. The van der Waals surface area contributed by atoms with Crippen LogP contribution in [-0.4, -0.2) is 49.6 Å². The average molecular weight is 321 g/mol. The van der Waals surface area contributed by atoms with E-state index in [0.717, 1.165) is 50.9 Å². The smallest absolute Gasteiger partial charge is 0.234 e. The monoisotopic (exact) mass is 321 g/mol. The third kappa shape index (κ3) is 6.28. The van der Waals surface area contributed by atoms with Crippen molar-refractivity contribution in [3.05, 3.63) is 35.6 Å². The molecule has 2 rings (SSSR count). The van der Waals surface area contributed by atoms with Crippen LogP contribution in [0.25, 0.3) is 0 Å². The summed E-state index contributed by atoms with van der Waals surface area (Å²) in [6.07, 6.45) is 4.02. The minimum Gasteiger partial charge on any atom is -0.355 e. The molecule has 0 radical (unpaired) electrons. The molecule has 0 aliphatic carbocycles. The fourth-order valence-corrected chi connectivity index (χ4v) is 3.09. The number of amides is 1. The number of nitrogens with zero attached hydrogens (tertiary/aromatic N) is 1. The lowest BCUT2D eigenvalue weighted by molar-refractivity contribution is -0.122. The van der Waals surface area contributed by atoms with E-state index in [0.29, 0.717) is 19.1 Å². The summed E-state index contributed by atoms with van der Waals surface area (Å²) in [5, 5.41) is 6.35. The van der Waals surface area contributed by atoms with Crippen molar-refractivity contribution < 1.29 is 9.18 Å². The van der Waals surface area contributed by atoms with Crippen molar-refractivity contribution in [2.45, 2.75) is 38.6 Å². The first-order valence-electron chi connectivity index (χ1n) is 8.65. The molecule has 4 nitrogen and oxygen atoms in total. The number of carbonyl (C=O) groups is 1. The van der Waals surface area contributed by atoms with Gasteiger partial charge in [-0.25, -0.2) is 4.39 Å². The predicted octanol–water partition coefficient (Wildman–Crippen LogP) is 1.95. The molecule has 1 aromatic rings. The van der Waals surface area contributed by atoms with Gasteiger partial charge in [0.15, 0.2) is 0 Å². The predicted molar refractivity (Wildman–Crippen MR) is 90.9 cm³/mol. The van der Waals surface area contributed by atoms with Crippen LogP contribution in [-0.2, 0) is 11.2 Å². The molecule has 1 fully saturated rings. The van der Waals surface area contributed by atoms with Gasteiger partial charge in [0.1, 0.15) is 5.82 Å². The largest absolute Gasteiger partial charge is 0.355 e. The molecule has 1 heterocycles. The highest BCUT2D eigenvalue weighted by molar-refractivity contribution is 5.78. The molecule has 0 saturated carbocycles. The van der Waals surface area contributed by atoms with E-state index in [1.54, 1.807) is 12.1 Å². The van der Waals surface area contributed by atoms with Gasteiger partial charge in [0.2, 0.25) is 5.91 Å². The molecule has 128 valence electrons. The van der Waals surface area contributed by atoms with E-state index < -0.39 is 0 Å². The molecule has 1 aliphatic rings.